The Morgan fingerprint density at radius 1 is 0.844 bits per heavy atom. The fraction of sp³-hybridized carbons (Fsp3) is 0.360. The van der Waals surface area contributed by atoms with Crippen molar-refractivity contribution in [1.29, 1.82) is 0 Å². The second-order valence-corrected chi connectivity index (χ2v) is 9.19. The zero-order valence-electron chi connectivity index (χ0n) is 19.0. The number of aryl methyl sites for hydroxylation is 1. The van der Waals surface area contributed by atoms with Crippen LogP contribution in [-0.4, -0.2) is 58.0 Å². The molecule has 7 heteroatoms. The highest BCUT2D eigenvalue weighted by Gasteiger charge is 2.31. The Morgan fingerprint density at radius 3 is 2.03 bits per heavy atom. The van der Waals surface area contributed by atoms with Crippen molar-refractivity contribution in [3.05, 3.63) is 59.7 Å². The predicted molar refractivity (Wildman–Crippen MR) is 122 cm³/mol. The van der Waals surface area contributed by atoms with Gasteiger partial charge in [-0.25, -0.2) is 0 Å². The Hall–Kier alpha value is -3.48. The SMILES string of the molecule is Cc1cccc(-c2nnc(-c3ccc(C(=O)N4CCN(C(=O)C(C)(C)C)CC4)cc3)o2)c1. The molecule has 0 radical (unpaired) electrons. The van der Waals surface area contributed by atoms with Crippen molar-refractivity contribution in [2.24, 2.45) is 5.41 Å². The quantitative estimate of drug-likeness (QED) is 0.624. The molecule has 0 N–H and O–H groups in total. The van der Waals surface area contributed by atoms with Gasteiger partial charge < -0.3 is 14.2 Å². The van der Waals surface area contributed by atoms with Crippen LogP contribution in [0.4, 0.5) is 0 Å². The summed E-state index contributed by atoms with van der Waals surface area (Å²) < 4.78 is 5.83. The highest BCUT2D eigenvalue weighted by atomic mass is 16.4. The van der Waals surface area contributed by atoms with Gasteiger partial charge in [0.15, 0.2) is 0 Å². The predicted octanol–water partition coefficient (Wildman–Crippen LogP) is 4.04. The van der Waals surface area contributed by atoms with E-state index in [4.69, 9.17) is 4.42 Å². The Kier molecular flexibility index (Phi) is 5.82. The van der Waals surface area contributed by atoms with Gasteiger partial charge in [-0.3, -0.25) is 9.59 Å². The molecule has 7 nitrogen and oxygen atoms in total. The van der Waals surface area contributed by atoms with E-state index in [1.165, 1.54) is 0 Å². The molecule has 1 aromatic heterocycles. The maximum atomic E-state index is 12.9. The largest absolute Gasteiger partial charge is 0.416 e. The normalized spacial score (nSPS) is 14.5. The minimum absolute atomic E-state index is 0.0367. The standard InChI is InChI=1S/C25H28N4O3/c1-17-6-5-7-20(16-17)22-27-26-21(32-22)18-8-10-19(11-9-18)23(30)28-12-14-29(15-13-28)24(31)25(2,3)4/h5-11,16H,12-15H2,1-4H3. The van der Waals surface area contributed by atoms with Crippen molar-refractivity contribution in [2.75, 3.05) is 26.2 Å². The maximum absolute atomic E-state index is 12.9. The molecule has 3 aromatic rings. The lowest BCUT2D eigenvalue weighted by molar-refractivity contribution is -0.140. The summed E-state index contributed by atoms with van der Waals surface area (Å²) in [5.41, 5.74) is 2.94. The first-order chi connectivity index (χ1) is 15.2. The smallest absolute Gasteiger partial charge is 0.253 e. The number of piperazine rings is 1. The third-order valence-electron chi connectivity index (χ3n) is 5.56. The first-order valence-electron chi connectivity index (χ1n) is 10.8. The number of amides is 2. The molecule has 2 heterocycles. The molecule has 0 bridgehead atoms. The molecular weight excluding hydrogens is 404 g/mol. The van der Waals surface area contributed by atoms with E-state index in [-0.39, 0.29) is 11.8 Å². The summed E-state index contributed by atoms with van der Waals surface area (Å²) in [6.45, 7) is 9.95. The van der Waals surface area contributed by atoms with Crippen LogP contribution in [0.25, 0.3) is 22.9 Å². The molecule has 1 aliphatic rings. The Bertz CT molecular complexity index is 1120. The van der Waals surface area contributed by atoms with Gasteiger partial charge in [-0.2, -0.15) is 0 Å². The van der Waals surface area contributed by atoms with E-state index < -0.39 is 5.41 Å². The lowest BCUT2D eigenvalue weighted by Gasteiger charge is -2.37. The Morgan fingerprint density at radius 2 is 1.44 bits per heavy atom. The van der Waals surface area contributed by atoms with Crippen LogP contribution in [0.2, 0.25) is 0 Å². The van der Waals surface area contributed by atoms with Gasteiger partial charge in [0.1, 0.15) is 0 Å². The van der Waals surface area contributed by atoms with Gasteiger partial charge in [-0.05, 0) is 43.3 Å². The summed E-state index contributed by atoms with van der Waals surface area (Å²) in [6.07, 6.45) is 0. The van der Waals surface area contributed by atoms with Crippen molar-refractivity contribution in [3.8, 4) is 22.9 Å². The van der Waals surface area contributed by atoms with Crippen LogP contribution in [0.1, 0.15) is 36.7 Å². The molecule has 166 valence electrons. The molecule has 2 amide bonds. The minimum atomic E-state index is -0.407. The zero-order valence-corrected chi connectivity index (χ0v) is 19.0. The van der Waals surface area contributed by atoms with Gasteiger partial charge in [0.05, 0.1) is 0 Å². The molecule has 0 spiro atoms. The molecule has 1 fully saturated rings. The van der Waals surface area contributed by atoms with Gasteiger partial charge in [0.2, 0.25) is 17.7 Å². The van der Waals surface area contributed by atoms with Crippen LogP contribution >= 0.6 is 0 Å². The summed E-state index contributed by atoms with van der Waals surface area (Å²) in [4.78, 5) is 29.0. The van der Waals surface area contributed by atoms with Crippen molar-refractivity contribution in [1.82, 2.24) is 20.0 Å². The Labute approximate surface area is 188 Å². The molecule has 4 rings (SSSR count). The van der Waals surface area contributed by atoms with E-state index in [0.29, 0.717) is 43.5 Å². The van der Waals surface area contributed by atoms with Crippen LogP contribution in [0.5, 0.6) is 0 Å². The van der Waals surface area contributed by atoms with Crippen LogP contribution in [0, 0.1) is 12.3 Å². The molecule has 2 aromatic carbocycles. The van der Waals surface area contributed by atoms with Crippen molar-refractivity contribution in [2.45, 2.75) is 27.7 Å². The second-order valence-electron chi connectivity index (χ2n) is 9.19. The van der Waals surface area contributed by atoms with E-state index in [1.807, 2.05) is 69.0 Å². The summed E-state index contributed by atoms with van der Waals surface area (Å²) >= 11 is 0. The van der Waals surface area contributed by atoms with Gasteiger partial charge in [-0.15, -0.1) is 10.2 Å². The van der Waals surface area contributed by atoms with Gasteiger partial charge in [0, 0.05) is 48.3 Å². The number of carbonyl (C=O) groups is 2. The van der Waals surface area contributed by atoms with Crippen molar-refractivity contribution < 1.29 is 14.0 Å². The molecule has 1 saturated heterocycles. The number of benzene rings is 2. The molecule has 0 atom stereocenters. The second kappa shape index (κ2) is 8.57. The van der Waals surface area contributed by atoms with E-state index in [1.54, 1.807) is 17.0 Å². The van der Waals surface area contributed by atoms with Gasteiger partial charge >= 0.3 is 0 Å². The highest BCUT2D eigenvalue weighted by molar-refractivity contribution is 5.95. The number of aromatic nitrogens is 2. The van der Waals surface area contributed by atoms with Crippen LogP contribution in [0.3, 0.4) is 0 Å². The van der Waals surface area contributed by atoms with E-state index in [2.05, 4.69) is 10.2 Å². The number of nitrogens with zero attached hydrogens (tertiary/aromatic N) is 4. The van der Waals surface area contributed by atoms with E-state index in [9.17, 15) is 9.59 Å². The fourth-order valence-corrected chi connectivity index (χ4v) is 3.76. The molecule has 1 aliphatic heterocycles. The summed E-state index contributed by atoms with van der Waals surface area (Å²) in [5.74, 6) is 0.963. The van der Waals surface area contributed by atoms with E-state index >= 15 is 0 Å². The summed E-state index contributed by atoms with van der Waals surface area (Å²) in [6, 6.07) is 15.1. The third kappa shape index (κ3) is 4.56. The molecular formula is C25H28N4O3. The molecule has 32 heavy (non-hydrogen) atoms. The van der Waals surface area contributed by atoms with Crippen LogP contribution in [-0.2, 0) is 4.79 Å². The van der Waals surface area contributed by atoms with Crippen molar-refractivity contribution >= 4 is 11.8 Å². The number of hydrogen-bond donors (Lipinski definition) is 0. The first kappa shape index (κ1) is 21.7. The zero-order chi connectivity index (χ0) is 22.9. The lowest BCUT2D eigenvalue weighted by Crippen LogP contribution is -2.53. The van der Waals surface area contributed by atoms with Crippen molar-refractivity contribution in [3.63, 3.8) is 0 Å². The maximum Gasteiger partial charge on any atom is 0.253 e. The van der Waals surface area contributed by atoms with E-state index in [0.717, 1.165) is 16.7 Å². The lowest BCUT2D eigenvalue weighted by atomic mass is 9.94. The van der Waals surface area contributed by atoms with Gasteiger partial charge in [0.25, 0.3) is 5.91 Å². The molecule has 0 saturated carbocycles. The average molecular weight is 433 g/mol. The molecule has 0 unspecified atom stereocenters. The van der Waals surface area contributed by atoms with Gasteiger partial charge in [-0.1, -0.05) is 38.5 Å². The minimum Gasteiger partial charge on any atom is -0.416 e. The number of rotatable bonds is 3. The number of hydrogen-bond acceptors (Lipinski definition) is 5. The first-order valence-corrected chi connectivity index (χ1v) is 10.8. The van der Waals surface area contributed by atoms with Crippen LogP contribution in [0.15, 0.2) is 52.9 Å². The molecule has 0 aliphatic carbocycles. The summed E-state index contributed by atoms with van der Waals surface area (Å²) in [7, 11) is 0. The monoisotopic (exact) mass is 432 g/mol. The summed E-state index contributed by atoms with van der Waals surface area (Å²) in [5, 5.41) is 8.30. The third-order valence-corrected chi connectivity index (χ3v) is 5.56. The topological polar surface area (TPSA) is 79.5 Å². The van der Waals surface area contributed by atoms with Crippen LogP contribution < -0.4 is 0 Å². The highest BCUT2D eigenvalue weighted by Crippen LogP contribution is 2.25. The average Bonchev–Trinajstić information content (AvgIpc) is 3.28. The Balaban J connectivity index is 1.41. The number of carbonyl (C=O) groups excluding carboxylic acids is 2. The fourth-order valence-electron chi connectivity index (χ4n) is 3.76.